The Bertz CT molecular complexity index is 1070. The molecular formula is C24H21N3O2. The van der Waals surface area contributed by atoms with Gasteiger partial charge in [0.05, 0.1) is 0 Å². The van der Waals surface area contributed by atoms with E-state index in [1.807, 2.05) is 72.8 Å². The van der Waals surface area contributed by atoms with Gasteiger partial charge in [-0.1, -0.05) is 78.0 Å². The van der Waals surface area contributed by atoms with E-state index in [0.29, 0.717) is 11.6 Å². The predicted octanol–water partition coefficient (Wildman–Crippen LogP) is 5.44. The van der Waals surface area contributed by atoms with Crippen molar-refractivity contribution >= 4 is 17.4 Å². The van der Waals surface area contributed by atoms with E-state index in [1.165, 1.54) is 0 Å². The average Bonchev–Trinajstić information content (AvgIpc) is 3.18. The lowest BCUT2D eigenvalue weighted by Gasteiger charge is -2.19. The Morgan fingerprint density at radius 2 is 1.48 bits per heavy atom. The highest BCUT2D eigenvalue weighted by Gasteiger charge is 2.21. The number of hydrogen-bond donors (Lipinski definition) is 2. The number of nitrogens with one attached hydrogen (secondary N) is 2. The Kier molecular flexibility index (Phi) is 5.38. The van der Waals surface area contributed by atoms with Gasteiger partial charge < -0.3 is 15.2 Å². The molecule has 1 atom stereocenters. The summed E-state index contributed by atoms with van der Waals surface area (Å²) in [6.07, 6.45) is 0. The number of carbonyl (C=O) groups is 1. The highest BCUT2D eigenvalue weighted by molar-refractivity contribution is 5.96. The van der Waals surface area contributed by atoms with E-state index >= 15 is 0 Å². The summed E-state index contributed by atoms with van der Waals surface area (Å²) >= 11 is 0. The van der Waals surface area contributed by atoms with Crippen LogP contribution >= 0.6 is 0 Å². The number of hydrogen-bond acceptors (Lipinski definition) is 4. The zero-order valence-electron chi connectivity index (χ0n) is 16.0. The lowest BCUT2D eigenvalue weighted by Crippen LogP contribution is -2.27. The van der Waals surface area contributed by atoms with Crippen LogP contribution in [0.25, 0.3) is 11.1 Å². The molecular weight excluding hydrogens is 362 g/mol. The summed E-state index contributed by atoms with van der Waals surface area (Å²) in [5, 5.41) is 9.99. The van der Waals surface area contributed by atoms with Crippen molar-refractivity contribution in [3.05, 3.63) is 102 Å². The molecule has 4 rings (SSSR count). The summed E-state index contributed by atoms with van der Waals surface area (Å²) in [7, 11) is 0. The minimum atomic E-state index is -0.573. The van der Waals surface area contributed by atoms with Crippen LogP contribution in [0.1, 0.15) is 17.4 Å². The van der Waals surface area contributed by atoms with Crippen LogP contribution in [0.15, 0.2) is 95.5 Å². The first kappa shape index (κ1) is 18.5. The van der Waals surface area contributed by atoms with Gasteiger partial charge in [0.15, 0.2) is 5.82 Å². The van der Waals surface area contributed by atoms with Crippen LogP contribution in [0.5, 0.6) is 0 Å². The second kappa shape index (κ2) is 8.44. The van der Waals surface area contributed by atoms with Crippen molar-refractivity contribution in [1.29, 1.82) is 0 Å². The topological polar surface area (TPSA) is 67.2 Å². The van der Waals surface area contributed by atoms with Gasteiger partial charge in [-0.15, -0.1) is 0 Å². The summed E-state index contributed by atoms with van der Waals surface area (Å²) in [6, 6.07) is 28.9. The molecule has 144 valence electrons. The number of carbonyl (C=O) groups excluding carboxylic acids is 1. The summed E-state index contributed by atoms with van der Waals surface area (Å²) in [5.74, 6) is 0.826. The van der Waals surface area contributed by atoms with Crippen LogP contribution in [-0.2, 0) is 4.79 Å². The molecule has 0 saturated carbocycles. The quantitative estimate of drug-likeness (QED) is 0.465. The van der Waals surface area contributed by atoms with Crippen molar-refractivity contribution in [1.82, 2.24) is 5.16 Å². The first-order valence-electron chi connectivity index (χ1n) is 9.40. The fraction of sp³-hybridized carbons (Fsp3) is 0.0833. The molecule has 1 unspecified atom stereocenters. The maximum absolute atomic E-state index is 13.0. The van der Waals surface area contributed by atoms with Gasteiger partial charge in [0.1, 0.15) is 11.8 Å². The first-order chi connectivity index (χ1) is 14.2. The Balaban J connectivity index is 1.56. The molecule has 0 aliphatic carbocycles. The van der Waals surface area contributed by atoms with E-state index in [2.05, 4.69) is 27.9 Å². The fourth-order valence-electron chi connectivity index (χ4n) is 3.13. The van der Waals surface area contributed by atoms with Crippen molar-refractivity contribution in [2.75, 3.05) is 10.6 Å². The number of amides is 1. The molecule has 5 heteroatoms. The van der Waals surface area contributed by atoms with Crippen LogP contribution in [0.2, 0.25) is 0 Å². The molecule has 0 bridgehead atoms. The summed E-state index contributed by atoms with van der Waals surface area (Å²) in [6.45, 7) is 1.78. The van der Waals surface area contributed by atoms with Crippen molar-refractivity contribution in [2.45, 2.75) is 13.0 Å². The van der Waals surface area contributed by atoms with Crippen LogP contribution in [0, 0.1) is 6.92 Å². The number of aromatic nitrogens is 1. The molecule has 1 amide bonds. The third-order valence-corrected chi connectivity index (χ3v) is 4.58. The number of aryl methyl sites for hydroxylation is 1. The minimum absolute atomic E-state index is 0.211. The van der Waals surface area contributed by atoms with Gasteiger partial charge in [0.2, 0.25) is 0 Å². The third kappa shape index (κ3) is 4.52. The molecule has 1 aromatic heterocycles. The maximum atomic E-state index is 13.0. The second-order valence-electron chi connectivity index (χ2n) is 6.74. The average molecular weight is 383 g/mol. The van der Waals surface area contributed by atoms with Crippen molar-refractivity contribution in [3.63, 3.8) is 0 Å². The number of nitrogens with zero attached hydrogens (tertiary/aromatic N) is 1. The third-order valence-electron chi connectivity index (χ3n) is 4.58. The lowest BCUT2D eigenvalue weighted by molar-refractivity contribution is -0.117. The Labute approximate surface area is 169 Å². The molecule has 0 aliphatic heterocycles. The van der Waals surface area contributed by atoms with Gasteiger partial charge in [-0.2, -0.15) is 0 Å². The molecule has 29 heavy (non-hydrogen) atoms. The van der Waals surface area contributed by atoms with Gasteiger partial charge in [0.25, 0.3) is 5.91 Å². The Hall–Kier alpha value is -3.86. The van der Waals surface area contributed by atoms with Crippen molar-refractivity contribution in [2.24, 2.45) is 0 Å². The molecule has 4 aromatic rings. The molecule has 3 aromatic carbocycles. The van der Waals surface area contributed by atoms with E-state index in [1.54, 1.807) is 13.0 Å². The molecule has 0 aliphatic rings. The van der Waals surface area contributed by atoms with Crippen molar-refractivity contribution < 1.29 is 9.32 Å². The SMILES string of the molecule is Cc1cc(NC(=O)C(Nc2ccc(-c3ccccc3)cc2)c2ccccc2)no1. The normalized spacial score (nSPS) is 11.6. The Morgan fingerprint density at radius 3 is 2.10 bits per heavy atom. The lowest BCUT2D eigenvalue weighted by atomic mass is 10.0. The van der Waals surface area contributed by atoms with E-state index < -0.39 is 6.04 Å². The summed E-state index contributed by atoms with van der Waals surface area (Å²) in [4.78, 5) is 13.0. The van der Waals surface area contributed by atoms with Crippen molar-refractivity contribution in [3.8, 4) is 11.1 Å². The molecule has 0 spiro atoms. The molecule has 0 radical (unpaired) electrons. The zero-order chi connectivity index (χ0) is 20.1. The second-order valence-corrected chi connectivity index (χ2v) is 6.74. The standard InChI is InChI=1S/C24H21N3O2/c1-17-16-22(27-29-17)26-24(28)23(20-10-6-3-7-11-20)25-21-14-12-19(13-15-21)18-8-4-2-5-9-18/h2-16,23,25H,1H3,(H,26,27,28). The number of benzene rings is 3. The van der Waals surface area contributed by atoms with E-state index in [9.17, 15) is 4.79 Å². The predicted molar refractivity (Wildman–Crippen MR) is 115 cm³/mol. The molecule has 0 saturated heterocycles. The monoisotopic (exact) mass is 383 g/mol. The largest absolute Gasteiger partial charge is 0.370 e. The maximum Gasteiger partial charge on any atom is 0.252 e. The minimum Gasteiger partial charge on any atom is -0.370 e. The fourth-order valence-corrected chi connectivity index (χ4v) is 3.13. The molecule has 2 N–H and O–H groups in total. The Morgan fingerprint density at radius 1 is 0.862 bits per heavy atom. The summed E-state index contributed by atoms with van der Waals surface area (Å²) < 4.78 is 5.04. The van der Waals surface area contributed by atoms with Gasteiger partial charge in [-0.25, -0.2) is 0 Å². The number of rotatable bonds is 6. The molecule has 5 nitrogen and oxygen atoms in total. The number of anilines is 2. The van der Waals surface area contributed by atoms with Crippen LogP contribution in [0.4, 0.5) is 11.5 Å². The highest BCUT2D eigenvalue weighted by Crippen LogP contribution is 2.25. The van der Waals surface area contributed by atoms with Crippen LogP contribution in [0.3, 0.4) is 0 Å². The highest BCUT2D eigenvalue weighted by atomic mass is 16.5. The van der Waals surface area contributed by atoms with Crippen LogP contribution < -0.4 is 10.6 Å². The summed E-state index contributed by atoms with van der Waals surface area (Å²) in [5.41, 5.74) is 3.98. The van der Waals surface area contributed by atoms with Gasteiger partial charge in [-0.05, 0) is 35.7 Å². The van der Waals surface area contributed by atoms with E-state index in [0.717, 1.165) is 22.4 Å². The molecule has 0 fully saturated rings. The van der Waals surface area contributed by atoms with Gasteiger partial charge >= 0.3 is 0 Å². The first-order valence-corrected chi connectivity index (χ1v) is 9.40. The van der Waals surface area contributed by atoms with E-state index in [-0.39, 0.29) is 5.91 Å². The van der Waals surface area contributed by atoms with Gasteiger partial charge in [-0.3, -0.25) is 4.79 Å². The van der Waals surface area contributed by atoms with E-state index in [4.69, 9.17) is 4.52 Å². The van der Waals surface area contributed by atoms with Crippen LogP contribution in [-0.4, -0.2) is 11.1 Å². The molecule has 1 heterocycles. The smallest absolute Gasteiger partial charge is 0.252 e. The van der Waals surface area contributed by atoms with Gasteiger partial charge in [0, 0.05) is 11.8 Å². The zero-order valence-corrected chi connectivity index (χ0v) is 16.0.